The molecule has 1 aromatic heterocycles. The van der Waals surface area contributed by atoms with Crippen molar-refractivity contribution in [2.75, 3.05) is 16.0 Å². The van der Waals surface area contributed by atoms with E-state index in [1.807, 2.05) is 51.1 Å². The van der Waals surface area contributed by atoms with E-state index < -0.39 is 5.92 Å². The number of nitrogens with two attached hydrogens (primary N) is 1. The van der Waals surface area contributed by atoms with E-state index in [2.05, 4.69) is 21.6 Å². The molecule has 2 heterocycles. The SMILES string of the molecule is Cc1ccccc1C1C(C#N)=C(N)N(c2nnc(SCC(=O)Nc3ccc(C#N)cc3)s2)C2=C1C(=O)CC(C)(C)C2. The summed E-state index contributed by atoms with van der Waals surface area (Å²) >= 11 is 2.47. The van der Waals surface area contributed by atoms with Crippen molar-refractivity contribution in [2.24, 2.45) is 11.1 Å². The fourth-order valence-corrected chi connectivity index (χ4v) is 6.93. The molecule has 3 N–H and O–H groups in total. The summed E-state index contributed by atoms with van der Waals surface area (Å²) in [4.78, 5) is 27.9. The highest BCUT2D eigenvalue weighted by molar-refractivity contribution is 8.01. The molecule has 206 valence electrons. The number of carbonyl (C=O) groups is 2. The van der Waals surface area contributed by atoms with Crippen molar-refractivity contribution in [2.45, 2.75) is 43.9 Å². The number of nitrogens with zero attached hydrogens (tertiary/aromatic N) is 5. The standard InChI is InChI=1S/C30H27N7O2S2/c1-17-6-4-5-7-20(17)25-21(15-32)27(33)37(22-12-30(2,3)13-23(38)26(22)25)28-35-36-29(41-28)40-16-24(39)34-19-10-8-18(14-31)9-11-19/h4-11,25H,12-13,16,33H2,1-3H3,(H,34,39). The van der Waals surface area contributed by atoms with Crippen LogP contribution in [-0.2, 0) is 9.59 Å². The Kier molecular flexibility index (Phi) is 7.68. The number of hydrogen-bond acceptors (Lipinski definition) is 10. The summed E-state index contributed by atoms with van der Waals surface area (Å²) in [7, 11) is 0. The van der Waals surface area contributed by atoms with Crippen LogP contribution in [0.5, 0.6) is 0 Å². The predicted molar refractivity (Wildman–Crippen MR) is 159 cm³/mol. The molecule has 1 unspecified atom stereocenters. The molecule has 0 saturated carbocycles. The average Bonchev–Trinajstić information content (AvgIpc) is 3.40. The number of Topliss-reactive ketones (excluding diaryl/α,β-unsaturated/α-hetero) is 1. The molecule has 41 heavy (non-hydrogen) atoms. The van der Waals surface area contributed by atoms with Crippen LogP contribution in [0.15, 0.2) is 75.5 Å². The van der Waals surface area contributed by atoms with E-state index in [9.17, 15) is 14.9 Å². The molecule has 1 aliphatic carbocycles. The Bertz CT molecular complexity index is 1690. The maximum atomic E-state index is 13.7. The Morgan fingerprint density at radius 2 is 1.88 bits per heavy atom. The van der Waals surface area contributed by atoms with Crippen LogP contribution < -0.4 is 16.0 Å². The number of thioether (sulfide) groups is 1. The van der Waals surface area contributed by atoms with Crippen LogP contribution in [0.4, 0.5) is 10.8 Å². The van der Waals surface area contributed by atoms with Gasteiger partial charge in [0.25, 0.3) is 0 Å². The smallest absolute Gasteiger partial charge is 0.234 e. The van der Waals surface area contributed by atoms with Gasteiger partial charge in [0.1, 0.15) is 5.82 Å². The first-order valence-corrected chi connectivity index (χ1v) is 14.7. The summed E-state index contributed by atoms with van der Waals surface area (Å²) in [6, 6.07) is 18.7. The van der Waals surface area contributed by atoms with Gasteiger partial charge in [0.15, 0.2) is 10.1 Å². The van der Waals surface area contributed by atoms with Crippen molar-refractivity contribution >= 4 is 45.6 Å². The lowest BCUT2D eigenvalue weighted by molar-refractivity contribution is -0.118. The highest BCUT2D eigenvalue weighted by atomic mass is 32.2. The van der Waals surface area contributed by atoms with Gasteiger partial charge in [0.2, 0.25) is 11.0 Å². The van der Waals surface area contributed by atoms with Gasteiger partial charge < -0.3 is 11.1 Å². The summed E-state index contributed by atoms with van der Waals surface area (Å²) in [5, 5.41) is 31.1. The predicted octanol–water partition coefficient (Wildman–Crippen LogP) is 5.39. The maximum Gasteiger partial charge on any atom is 0.234 e. The molecule has 3 aromatic rings. The molecular formula is C30H27N7O2S2. The molecule has 1 atom stereocenters. The van der Waals surface area contributed by atoms with E-state index >= 15 is 0 Å². The van der Waals surface area contributed by atoms with Gasteiger partial charge in [-0.1, -0.05) is 61.2 Å². The number of nitriles is 2. The number of aryl methyl sites for hydroxylation is 1. The van der Waals surface area contributed by atoms with Crippen molar-refractivity contribution in [3.63, 3.8) is 0 Å². The van der Waals surface area contributed by atoms with Crippen LogP contribution in [0, 0.1) is 35.0 Å². The zero-order chi connectivity index (χ0) is 29.3. The Balaban J connectivity index is 1.45. The van der Waals surface area contributed by atoms with Gasteiger partial charge >= 0.3 is 0 Å². The third kappa shape index (κ3) is 5.60. The van der Waals surface area contributed by atoms with E-state index in [4.69, 9.17) is 11.0 Å². The number of rotatable bonds is 6. The molecule has 9 nitrogen and oxygen atoms in total. The first-order valence-electron chi connectivity index (χ1n) is 12.9. The Hall–Kier alpha value is -4.45. The van der Waals surface area contributed by atoms with Crippen LogP contribution in [0.1, 0.15) is 49.3 Å². The number of allylic oxidation sites excluding steroid dienone is 3. The van der Waals surface area contributed by atoms with Crippen molar-refractivity contribution in [3.8, 4) is 12.1 Å². The Labute approximate surface area is 246 Å². The lowest BCUT2D eigenvalue weighted by atomic mass is 9.68. The molecule has 11 heteroatoms. The first kappa shape index (κ1) is 28.1. The fourth-order valence-electron chi connectivity index (χ4n) is 5.25. The maximum absolute atomic E-state index is 13.7. The lowest BCUT2D eigenvalue weighted by Crippen LogP contribution is -2.42. The zero-order valence-corrected chi connectivity index (χ0v) is 24.4. The molecule has 2 aliphatic rings. The second kappa shape index (κ2) is 11.2. The molecule has 1 aliphatic heterocycles. The number of anilines is 2. The molecule has 0 fully saturated rings. The molecule has 0 saturated heterocycles. The van der Waals surface area contributed by atoms with E-state index in [-0.39, 0.29) is 28.7 Å². The van der Waals surface area contributed by atoms with Crippen molar-refractivity contribution in [1.82, 2.24) is 10.2 Å². The highest BCUT2D eigenvalue weighted by Crippen LogP contribution is 2.51. The molecule has 0 spiro atoms. The van der Waals surface area contributed by atoms with Crippen molar-refractivity contribution in [1.29, 1.82) is 10.5 Å². The second-order valence-corrected chi connectivity index (χ2v) is 12.9. The molecule has 0 radical (unpaired) electrons. The van der Waals surface area contributed by atoms with Gasteiger partial charge in [-0.05, 0) is 54.2 Å². The second-order valence-electron chi connectivity index (χ2n) is 10.7. The van der Waals surface area contributed by atoms with E-state index in [1.165, 1.54) is 23.1 Å². The number of amides is 1. The van der Waals surface area contributed by atoms with Gasteiger partial charge in [0, 0.05) is 23.4 Å². The summed E-state index contributed by atoms with van der Waals surface area (Å²) in [5.74, 6) is -0.460. The molecule has 0 bridgehead atoms. The van der Waals surface area contributed by atoms with E-state index in [0.717, 1.165) is 16.8 Å². The minimum Gasteiger partial charge on any atom is -0.384 e. The minimum atomic E-state index is -0.552. The molecule has 2 aromatic carbocycles. The van der Waals surface area contributed by atoms with E-state index in [1.54, 1.807) is 29.2 Å². The summed E-state index contributed by atoms with van der Waals surface area (Å²) in [6.07, 6.45) is 0.942. The summed E-state index contributed by atoms with van der Waals surface area (Å²) in [6.45, 7) is 6.06. The van der Waals surface area contributed by atoms with Gasteiger partial charge in [-0.25, -0.2) is 0 Å². The van der Waals surface area contributed by atoms with Crippen molar-refractivity contribution < 1.29 is 9.59 Å². The van der Waals surface area contributed by atoms with Crippen LogP contribution >= 0.6 is 23.1 Å². The number of benzene rings is 2. The monoisotopic (exact) mass is 581 g/mol. The van der Waals surface area contributed by atoms with Gasteiger partial charge in [0.05, 0.1) is 34.9 Å². The highest BCUT2D eigenvalue weighted by Gasteiger charge is 2.45. The van der Waals surface area contributed by atoms with Crippen LogP contribution in [0.3, 0.4) is 0 Å². The molecule has 5 rings (SSSR count). The third-order valence-corrected chi connectivity index (χ3v) is 9.13. The third-order valence-electron chi connectivity index (χ3n) is 7.09. The normalized spacial score (nSPS) is 18.0. The van der Waals surface area contributed by atoms with Crippen LogP contribution in [0.2, 0.25) is 0 Å². The minimum absolute atomic E-state index is 0.00617. The number of nitrogens with one attached hydrogen (secondary N) is 1. The van der Waals surface area contributed by atoms with Crippen LogP contribution in [0.25, 0.3) is 0 Å². The number of ketones is 1. The summed E-state index contributed by atoms with van der Waals surface area (Å²) in [5.41, 5.74) is 11.0. The Morgan fingerprint density at radius 3 is 2.56 bits per heavy atom. The zero-order valence-electron chi connectivity index (χ0n) is 22.8. The Morgan fingerprint density at radius 1 is 1.15 bits per heavy atom. The van der Waals surface area contributed by atoms with E-state index in [0.29, 0.717) is 44.7 Å². The topological polar surface area (TPSA) is 149 Å². The van der Waals surface area contributed by atoms with Gasteiger partial charge in [-0.3, -0.25) is 14.5 Å². The van der Waals surface area contributed by atoms with Gasteiger partial charge in [-0.2, -0.15) is 10.5 Å². The average molecular weight is 582 g/mol. The molecular weight excluding hydrogens is 555 g/mol. The van der Waals surface area contributed by atoms with Crippen molar-refractivity contribution in [3.05, 3.63) is 87.9 Å². The number of hydrogen-bond donors (Lipinski definition) is 2. The van der Waals surface area contributed by atoms with Crippen LogP contribution in [-0.4, -0.2) is 27.6 Å². The lowest BCUT2D eigenvalue weighted by Gasteiger charge is -2.42. The molecule has 1 amide bonds. The largest absolute Gasteiger partial charge is 0.384 e. The summed E-state index contributed by atoms with van der Waals surface area (Å²) < 4.78 is 0.547. The quantitative estimate of drug-likeness (QED) is 0.365. The first-order chi connectivity index (χ1) is 19.6. The number of carbonyl (C=O) groups excluding carboxylic acids is 2. The van der Waals surface area contributed by atoms with Gasteiger partial charge in [-0.15, -0.1) is 10.2 Å². The number of aromatic nitrogens is 2. The fraction of sp³-hybridized carbons (Fsp3) is 0.267.